The minimum Gasteiger partial charge on any atom is -0.393 e. The van der Waals surface area contributed by atoms with Gasteiger partial charge in [0.1, 0.15) is 0 Å². The van der Waals surface area contributed by atoms with E-state index in [0.717, 1.165) is 12.8 Å². The molecule has 21 heavy (non-hydrogen) atoms. The summed E-state index contributed by atoms with van der Waals surface area (Å²) in [4.78, 5) is 0. The van der Waals surface area contributed by atoms with Crippen LogP contribution in [0.5, 0.6) is 0 Å². The normalized spacial score (nSPS) is 14.3. The van der Waals surface area contributed by atoms with Crippen LogP contribution >= 0.6 is 0 Å². The molecule has 0 heterocycles. The number of aliphatic hydroxyl groups excluding tert-OH is 1. The van der Waals surface area contributed by atoms with Crippen molar-refractivity contribution in [2.75, 3.05) is 0 Å². The zero-order chi connectivity index (χ0) is 15.8. The predicted molar refractivity (Wildman–Crippen MR) is 95.8 cm³/mol. The van der Waals surface area contributed by atoms with E-state index in [9.17, 15) is 5.11 Å². The van der Waals surface area contributed by atoms with Crippen molar-refractivity contribution in [1.29, 1.82) is 0 Å². The van der Waals surface area contributed by atoms with E-state index in [-0.39, 0.29) is 6.10 Å². The molecule has 2 atom stereocenters. The molecule has 128 valence electrons. The van der Waals surface area contributed by atoms with E-state index < -0.39 is 0 Å². The highest BCUT2D eigenvalue weighted by Gasteiger charge is 2.16. The number of rotatable bonds is 16. The zero-order valence-electron chi connectivity index (χ0n) is 15.2. The molecule has 0 aliphatic rings. The van der Waals surface area contributed by atoms with E-state index in [4.69, 9.17) is 0 Å². The fourth-order valence-electron chi connectivity index (χ4n) is 3.22. The van der Waals surface area contributed by atoms with Crippen molar-refractivity contribution in [3.63, 3.8) is 0 Å². The molecule has 2 unspecified atom stereocenters. The van der Waals surface area contributed by atoms with E-state index in [2.05, 4.69) is 20.8 Å². The molecule has 0 aliphatic carbocycles. The number of hydrogen-bond donors (Lipinski definition) is 1. The van der Waals surface area contributed by atoms with Crippen molar-refractivity contribution in [1.82, 2.24) is 0 Å². The lowest BCUT2D eigenvalue weighted by Gasteiger charge is -2.21. The molecule has 1 heteroatoms. The van der Waals surface area contributed by atoms with E-state index in [1.807, 2.05) is 0 Å². The van der Waals surface area contributed by atoms with Crippen molar-refractivity contribution in [3.05, 3.63) is 0 Å². The molecule has 0 rings (SSSR count). The molecule has 0 aromatic rings. The largest absolute Gasteiger partial charge is 0.393 e. The second-order valence-corrected chi connectivity index (χ2v) is 6.85. The van der Waals surface area contributed by atoms with Gasteiger partial charge in [0.2, 0.25) is 0 Å². The molecule has 0 radical (unpaired) electrons. The van der Waals surface area contributed by atoms with Crippen LogP contribution in [-0.2, 0) is 0 Å². The maximum Gasteiger partial charge on any atom is 0.0568 e. The van der Waals surface area contributed by atoms with Crippen LogP contribution in [0.3, 0.4) is 0 Å². The summed E-state index contributed by atoms with van der Waals surface area (Å²) >= 11 is 0. The van der Waals surface area contributed by atoms with Crippen LogP contribution in [0.25, 0.3) is 0 Å². The van der Waals surface area contributed by atoms with Crippen molar-refractivity contribution >= 4 is 0 Å². The highest BCUT2D eigenvalue weighted by Crippen LogP contribution is 2.22. The second kappa shape index (κ2) is 16.3. The molecule has 0 spiro atoms. The maximum absolute atomic E-state index is 10.3. The lowest BCUT2D eigenvalue weighted by molar-refractivity contribution is 0.0872. The van der Waals surface area contributed by atoms with E-state index >= 15 is 0 Å². The fourth-order valence-corrected chi connectivity index (χ4v) is 3.22. The van der Waals surface area contributed by atoms with Crippen molar-refractivity contribution in [2.45, 2.75) is 123 Å². The van der Waals surface area contributed by atoms with Gasteiger partial charge in [0.05, 0.1) is 6.10 Å². The average molecular weight is 299 g/mol. The van der Waals surface area contributed by atoms with Gasteiger partial charge in [-0.3, -0.25) is 0 Å². The zero-order valence-corrected chi connectivity index (χ0v) is 15.2. The van der Waals surface area contributed by atoms with Crippen LogP contribution in [0.1, 0.15) is 117 Å². The average Bonchev–Trinajstić information content (AvgIpc) is 2.50. The Balaban J connectivity index is 3.50. The lowest BCUT2D eigenvalue weighted by atomic mass is 9.89. The van der Waals surface area contributed by atoms with Crippen LogP contribution in [0.2, 0.25) is 0 Å². The van der Waals surface area contributed by atoms with E-state index in [1.165, 1.54) is 83.5 Å². The Hall–Kier alpha value is -0.0400. The van der Waals surface area contributed by atoms with Gasteiger partial charge in [-0.1, -0.05) is 104 Å². The molecular weight excluding hydrogens is 256 g/mol. The molecule has 1 nitrogen and oxygen atoms in total. The standard InChI is InChI=1S/C20H42O/c1-4-7-9-11-12-13-14-15-17-19(6-3)20(21)18-16-10-8-5-2/h19-21H,4-18H2,1-3H3. The minimum absolute atomic E-state index is 0.0450. The minimum atomic E-state index is -0.0450. The smallest absolute Gasteiger partial charge is 0.0568 e. The summed E-state index contributed by atoms with van der Waals surface area (Å²) in [6.07, 6.45) is 19.6. The van der Waals surface area contributed by atoms with Crippen LogP contribution in [0.15, 0.2) is 0 Å². The molecule has 1 N–H and O–H groups in total. The van der Waals surface area contributed by atoms with E-state index in [1.54, 1.807) is 0 Å². The molecule has 0 aromatic heterocycles. The lowest BCUT2D eigenvalue weighted by Crippen LogP contribution is -2.19. The van der Waals surface area contributed by atoms with Crippen molar-refractivity contribution in [3.8, 4) is 0 Å². The van der Waals surface area contributed by atoms with Gasteiger partial charge in [0, 0.05) is 0 Å². The monoisotopic (exact) mass is 298 g/mol. The first kappa shape index (κ1) is 21.0. The van der Waals surface area contributed by atoms with E-state index in [0.29, 0.717) is 5.92 Å². The summed E-state index contributed by atoms with van der Waals surface area (Å²) in [7, 11) is 0. The Labute approximate surface area is 134 Å². The Bertz CT molecular complexity index is 190. The number of hydrogen-bond acceptors (Lipinski definition) is 1. The summed E-state index contributed by atoms with van der Waals surface area (Å²) in [6.45, 7) is 6.76. The third-order valence-electron chi connectivity index (χ3n) is 4.85. The van der Waals surface area contributed by atoms with Gasteiger partial charge in [0.15, 0.2) is 0 Å². The molecule has 0 saturated carbocycles. The first-order valence-electron chi connectivity index (χ1n) is 9.94. The van der Waals surface area contributed by atoms with Gasteiger partial charge in [0.25, 0.3) is 0 Å². The molecule has 0 amide bonds. The number of unbranched alkanes of at least 4 members (excludes halogenated alkanes) is 10. The SMILES string of the molecule is CCCCCCCCCCC(CC)C(O)CCCCCC. The van der Waals surface area contributed by atoms with Crippen LogP contribution < -0.4 is 0 Å². The molecule has 0 bridgehead atoms. The van der Waals surface area contributed by atoms with Gasteiger partial charge >= 0.3 is 0 Å². The molecular formula is C20H42O. The Morgan fingerprint density at radius 3 is 1.52 bits per heavy atom. The van der Waals surface area contributed by atoms with Crippen LogP contribution in [0.4, 0.5) is 0 Å². The quantitative estimate of drug-likeness (QED) is 0.308. The van der Waals surface area contributed by atoms with Gasteiger partial charge in [-0.15, -0.1) is 0 Å². The summed E-state index contributed by atoms with van der Waals surface area (Å²) in [6, 6.07) is 0. The van der Waals surface area contributed by atoms with Gasteiger partial charge in [-0.05, 0) is 18.8 Å². The van der Waals surface area contributed by atoms with Gasteiger partial charge in [-0.25, -0.2) is 0 Å². The van der Waals surface area contributed by atoms with Gasteiger partial charge < -0.3 is 5.11 Å². The first-order chi connectivity index (χ1) is 10.3. The summed E-state index contributed by atoms with van der Waals surface area (Å²) in [5.74, 6) is 0.548. The van der Waals surface area contributed by atoms with Crippen LogP contribution in [0, 0.1) is 5.92 Å². The summed E-state index contributed by atoms with van der Waals surface area (Å²) < 4.78 is 0. The Morgan fingerprint density at radius 2 is 1.00 bits per heavy atom. The third-order valence-corrected chi connectivity index (χ3v) is 4.85. The molecule has 0 saturated heterocycles. The molecule has 0 fully saturated rings. The van der Waals surface area contributed by atoms with Gasteiger partial charge in [-0.2, -0.15) is 0 Å². The molecule has 0 aliphatic heterocycles. The van der Waals surface area contributed by atoms with Crippen molar-refractivity contribution < 1.29 is 5.11 Å². The molecule has 0 aromatic carbocycles. The van der Waals surface area contributed by atoms with Crippen LogP contribution in [-0.4, -0.2) is 11.2 Å². The highest BCUT2D eigenvalue weighted by molar-refractivity contribution is 4.68. The highest BCUT2D eigenvalue weighted by atomic mass is 16.3. The fraction of sp³-hybridized carbons (Fsp3) is 1.00. The Kier molecular flexibility index (Phi) is 16.3. The predicted octanol–water partition coefficient (Wildman–Crippen LogP) is 6.87. The topological polar surface area (TPSA) is 20.2 Å². The van der Waals surface area contributed by atoms with Crippen molar-refractivity contribution in [2.24, 2.45) is 5.92 Å². The maximum atomic E-state index is 10.3. The summed E-state index contributed by atoms with van der Waals surface area (Å²) in [5, 5.41) is 10.3. The third kappa shape index (κ3) is 13.4. The summed E-state index contributed by atoms with van der Waals surface area (Å²) in [5.41, 5.74) is 0. The second-order valence-electron chi connectivity index (χ2n) is 6.85. The number of aliphatic hydroxyl groups is 1. The Morgan fingerprint density at radius 1 is 0.571 bits per heavy atom. The first-order valence-corrected chi connectivity index (χ1v) is 9.94.